The van der Waals surface area contributed by atoms with Crippen molar-refractivity contribution in [2.24, 2.45) is 5.92 Å². The minimum atomic E-state index is -0.774. The number of carbonyl (C=O) groups excluding carboxylic acids is 1. The molecule has 1 amide bonds. The van der Waals surface area contributed by atoms with Crippen molar-refractivity contribution in [2.75, 3.05) is 5.32 Å². The summed E-state index contributed by atoms with van der Waals surface area (Å²) >= 11 is 0. The Labute approximate surface area is 129 Å². The molecule has 0 aliphatic carbocycles. The van der Waals surface area contributed by atoms with Gasteiger partial charge in [-0.25, -0.2) is 8.78 Å². The molecule has 2 atom stereocenters. The van der Waals surface area contributed by atoms with Gasteiger partial charge in [-0.3, -0.25) is 4.79 Å². The van der Waals surface area contributed by atoms with Gasteiger partial charge >= 0.3 is 0 Å². The fraction of sp³-hybridized carbons (Fsp3) is 0.278. The van der Waals surface area contributed by atoms with Crippen molar-refractivity contribution in [1.29, 1.82) is 0 Å². The van der Waals surface area contributed by atoms with E-state index >= 15 is 0 Å². The predicted molar refractivity (Wildman–Crippen MR) is 83.6 cm³/mol. The first-order valence-electron chi connectivity index (χ1n) is 7.33. The van der Waals surface area contributed by atoms with Gasteiger partial charge in [0.1, 0.15) is 11.6 Å². The number of carbonyl (C=O) groups is 1. The SMILES string of the molecule is CCC(C)C(C(=O)Nc1ccc(F)cc1F)c1ccccc1. The second-order valence-corrected chi connectivity index (χ2v) is 5.39. The second-order valence-electron chi connectivity index (χ2n) is 5.39. The Hall–Kier alpha value is -2.23. The molecule has 2 unspecified atom stereocenters. The molecule has 0 spiro atoms. The number of nitrogens with one attached hydrogen (secondary N) is 1. The molecule has 2 nitrogen and oxygen atoms in total. The lowest BCUT2D eigenvalue weighted by Gasteiger charge is -2.23. The quantitative estimate of drug-likeness (QED) is 0.849. The molecule has 0 saturated heterocycles. The molecule has 4 heteroatoms. The monoisotopic (exact) mass is 303 g/mol. The third-order valence-electron chi connectivity index (χ3n) is 3.84. The van der Waals surface area contributed by atoms with Crippen LogP contribution < -0.4 is 5.32 Å². The number of rotatable bonds is 5. The summed E-state index contributed by atoms with van der Waals surface area (Å²) in [4.78, 5) is 12.6. The molecule has 2 aromatic rings. The minimum Gasteiger partial charge on any atom is -0.323 e. The number of anilines is 1. The Balaban J connectivity index is 2.26. The van der Waals surface area contributed by atoms with Crippen molar-refractivity contribution < 1.29 is 13.6 Å². The second kappa shape index (κ2) is 7.16. The molecule has 0 bridgehead atoms. The standard InChI is InChI=1S/C18H19F2NO/c1-3-12(2)17(13-7-5-4-6-8-13)18(22)21-16-10-9-14(19)11-15(16)20/h4-12,17H,3H2,1-2H3,(H,21,22). The van der Waals surface area contributed by atoms with Gasteiger partial charge in [0, 0.05) is 6.07 Å². The van der Waals surface area contributed by atoms with Crippen LogP contribution >= 0.6 is 0 Å². The van der Waals surface area contributed by atoms with E-state index in [1.54, 1.807) is 0 Å². The first kappa shape index (κ1) is 16.1. The van der Waals surface area contributed by atoms with Crippen LogP contribution in [0, 0.1) is 17.6 Å². The summed E-state index contributed by atoms with van der Waals surface area (Å²) in [5, 5.41) is 2.57. The van der Waals surface area contributed by atoms with Crippen LogP contribution in [0.15, 0.2) is 48.5 Å². The van der Waals surface area contributed by atoms with Gasteiger partial charge in [0.05, 0.1) is 11.6 Å². The summed E-state index contributed by atoms with van der Waals surface area (Å²) in [5.74, 6) is -2.01. The largest absolute Gasteiger partial charge is 0.323 e. The summed E-state index contributed by atoms with van der Waals surface area (Å²) in [6.07, 6.45) is 0.818. The Bertz CT molecular complexity index is 643. The minimum absolute atomic E-state index is 0.00404. The molecule has 0 radical (unpaired) electrons. The number of benzene rings is 2. The van der Waals surface area contributed by atoms with E-state index < -0.39 is 11.6 Å². The molecule has 1 N–H and O–H groups in total. The van der Waals surface area contributed by atoms with Gasteiger partial charge in [-0.15, -0.1) is 0 Å². The van der Waals surface area contributed by atoms with Crippen LogP contribution in [0.25, 0.3) is 0 Å². The zero-order valence-corrected chi connectivity index (χ0v) is 12.6. The summed E-state index contributed by atoms with van der Waals surface area (Å²) in [7, 11) is 0. The number of amides is 1. The van der Waals surface area contributed by atoms with Gasteiger partial charge in [-0.1, -0.05) is 50.6 Å². The molecular weight excluding hydrogens is 284 g/mol. The van der Waals surface area contributed by atoms with E-state index in [-0.39, 0.29) is 23.4 Å². The molecule has 0 heterocycles. The maximum atomic E-state index is 13.7. The molecule has 116 valence electrons. The lowest BCUT2D eigenvalue weighted by molar-refractivity contribution is -0.118. The van der Waals surface area contributed by atoms with Gasteiger partial charge in [0.25, 0.3) is 0 Å². The number of hydrogen-bond acceptors (Lipinski definition) is 1. The van der Waals surface area contributed by atoms with Gasteiger partial charge in [0.2, 0.25) is 5.91 Å². The highest BCUT2D eigenvalue weighted by molar-refractivity contribution is 5.96. The van der Waals surface area contributed by atoms with E-state index in [1.807, 2.05) is 44.2 Å². The Kier molecular flexibility index (Phi) is 5.26. The van der Waals surface area contributed by atoms with E-state index in [0.29, 0.717) is 0 Å². The highest BCUT2D eigenvalue weighted by atomic mass is 19.1. The summed E-state index contributed by atoms with van der Waals surface area (Å²) < 4.78 is 26.6. The molecule has 2 aromatic carbocycles. The Morgan fingerprint density at radius 2 is 1.82 bits per heavy atom. The van der Waals surface area contributed by atoms with Crippen molar-refractivity contribution in [3.8, 4) is 0 Å². The van der Waals surface area contributed by atoms with E-state index in [2.05, 4.69) is 5.32 Å². The smallest absolute Gasteiger partial charge is 0.232 e. The average Bonchev–Trinajstić information content (AvgIpc) is 2.51. The summed E-state index contributed by atoms with van der Waals surface area (Å²) in [6, 6.07) is 12.5. The maximum Gasteiger partial charge on any atom is 0.232 e. The average molecular weight is 303 g/mol. The van der Waals surface area contributed by atoms with Crippen LogP contribution in [0.1, 0.15) is 31.7 Å². The van der Waals surface area contributed by atoms with Gasteiger partial charge in [0.15, 0.2) is 0 Å². The fourth-order valence-corrected chi connectivity index (χ4v) is 2.44. The van der Waals surface area contributed by atoms with Crippen molar-refractivity contribution in [1.82, 2.24) is 0 Å². The number of hydrogen-bond donors (Lipinski definition) is 1. The molecule has 0 aromatic heterocycles. The molecular formula is C18H19F2NO. The van der Waals surface area contributed by atoms with Crippen LogP contribution in [0.2, 0.25) is 0 Å². The van der Waals surface area contributed by atoms with Crippen LogP contribution in [0.4, 0.5) is 14.5 Å². The highest BCUT2D eigenvalue weighted by Crippen LogP contribution is 2.29. The van der Waals surface area contributed by atoms with Crippen molar-refractivity contribution in [3.05, 3.63) is 65.7 Å². The maximum absolute atomic E-state index is 13.7. The lowest BCUT2D eigenvalue weighted by Crippen LogP contribution is -2.26. The zero-order valence-electron chi connectivity index (χ0n) is 12.6. The molecule has 0 fully saturated rings. The van der Waals surface area contributed by atoms with Crippen molar-refractivity contribution >= 4 is 11.6 Å². The molecule has 2 rings (SSSR count). The lowest BCUT2D eigenvalue weighted by atomic mass is 9.85. The first-order valence-corrected chi connectivity index (χ1v) is 7.33. The molecule has 0 aliphatic heterocycles. The van der Waals surface area contributed by atoms with Gasteiger partial charge < -0.3 is 5.32 Å². The zero-order chi connectivity index (χ0) is 16.1. The topological polar surface area (TPSA) is 29.1 Å². The van der Waals surface area contributed by atoms with Gasteiger partial charge in [-0.2, -0.15) is 0 Å². The van der Waals surface area contributed by atoms with E-state index in [0.717, 1.165) is 24.1 Å². The summed E-state index contributed by atoms with van der Waals surface area (Å²) in [5.41, 5.74) is 0.882. The van der Waals surface area contributed by atoms with Crippen LogP contribution in [-0.4, -0.2) is 5.91 Å². The summed E-state index contributed by atoms with van der Waals surface area (Å²) in [6.45, 7) is 3.99. The third-order valence-corrected chi connectivity index (χ3v) is 3.84. The van der Waals surface area contributed by atoms with E-state index in [1.165, 1.54) is 6.07 Å². The van der Waals surface area contributed by atoms with Crippen LogP contribution in [0.5, 0.6) is 0 Å². The highest BCUT2D eigenvalue weighted by Gasteiger charge is 2.26. The predicted octanol–water partition coefficient (Wildman–Crippen LogP) is 4.73. The Morgan fingerprint density at radius 3 is 2.41 bits per heavy atom. The first-order chi connectivity index (χ1) is 10.5. The third kappa shape index (κ3) is 3.70. The van der Waals surface area contributed by atoms with Crippen molar-refractivity contribution in [3.63, 3.8) is 0 Å². The van der Waals surface area contributed by atoms with Crippen LogP contribution in [0.3, 0.4) is 0 Å². The van der Waals surface area contributed by atoms with Crippen molar-refractivity contribution in [2.45, 2.75) is 26.2 Å². The molecule has 0 saturated carbocycles. The molecule has 0 aliphatic rings. The van der Waals surface area contributed by atoms with Crippen LogP contribution in [-0.2, 0) is 4.79 Å². The van der Waals surface area contributed by atoms with E-state index in [4.69, 9.17) is 0 Å². The fourth-order valence-electron chi connectivity index (χ4n) is 2.44. The Morgan fingerprint density at radius 1 is 1.14 bits per heavy atom. The van der Waals surface area contributed by atoms with E-state index in [9.17, 15) is 13.6 Å². The van der Waals surface area contributed by atoms with Gasteiger partial charge in [-0.05, 0) is 23.6 Å². The molecule has 22 heavy (non-hydrogen) atoms. The normalized spacial score (nSPS) is 13.5. The number of halogens is 2.